The molecular formula is C19H30N2. The van der Waals surface area contributed by atoms with Crippen LogP contribution in [0.15, 0.2) is 30.3 Å². The van der Waals surface area contributed by atoms with E-state index in [4.69, 9.17) is 5.73 Å². The van der Waals surface area contributed by atoms with Gasteiger partial charge in [0, 0.05) is 18.1 Å². The molecule has 0 bridgehead atoms. The third-order valence-electron chi connectivity index (χ3n) is 5.80. The summed E-state index contributed by atoms with van der Waals surface area (Å²) in [6, 6.07) is 11.7. The molecular weight excluding hydrogens is 256 g/mol. The molecule has 21 heavy (non-hydrogen) atoms. The predicted molar refractivity (Wildman–Crippen MR) is 89.3 cm³/mol. The van der Waals surface area contributed by atoms with Crippen LogP contribution in [0.1, 0.15) is 51.0 Å². The molecule has 3 rings (SSSR count). The van der Waals surface area contributed by atoms with Crippen LogP contribution in [-0.4, -0.2) is 29.6 Å². The van der Waals surface area contributed by atoms with Crippen LogP contribution in [0.25, 0.3) is 0 Å². The van der Waals surface area contributed by atoms with Gasteiger partial charge in [0.1, 0.15) is 0 Å². The first kappa shape index (κ1) is 15.1. The number of piperidine rings is 1. The fraction of sp³-hybridized carbons (Fsp3) is 0.684. The van der Waals surface area contributed by atoms with Gasteiger partial charge in [-0.25, -0.2) is 0 Å². The van der Waals surface area contributed by atoms with Crippen LogP contribution >= 0.6 is 0 Å². The second-order valence-corrected chi connectivity index (χ2v) is 7.31. The largest absolute Gasteiger partial charge is 0.329 e. The van der Waals surface area contributed by atoms with Gasteiger partial charge in [0.15, 0.2) is 0 Å². The molecule has 0 radical (unpaired) electrons. The average molecular weight is 286 g/mol. The highest BCUT2D eigenvalue weighted by Gasteiger charge is 2.41. The quantitative estimate of drug-likeness (QED) is 0.916. The van der Waals surface area contributed by atoms with Crippen molar-refractivity contribution < 1.29 is 0 Å². The number of nitrogens with two attached hydrogens (primary N) is 1. The minimum atomic E-state index is 0.113. The number of nitrogens with zero attached hydrogens (tertiary/aromatic N) is 1. The van der Waals surface area contributed by atoms with Crippen LogP contribution in [-0.2, 0) is 6.42 Å². The normalized spacial score (nSPS) is 29.6. The fourth-order valence-electron chi connectivity index (χ4n) is 4.62. The number of hydrogen-bond donors (Lipinski definition) is 1. The van der Waals surface area contributed by atoms with E-state index in [9.17, 15) is 0 Å². The lowest BCUT2D eigenvalue weighted by Crippen LogP contribution is -2.61. The lowest BCUT2D eigenvalue weighted by Gasteiger charge is -2.52. The van der Waals surface area contributed by atoms with Gasteiger partial charge in [0.05, 0.1) is 0 Å². The second-order valence-electron chi connectivity index (χ2n) is 7.31. The summed E-state index contributed by atoms with van der Waals surface area (Å²) in [5, 5.41) is 0. The SMILES string of the molecule is CC(CN)(Cc1ccccc1)N1CCC[C@H]2CCCC[C@H]21. The molecule has 3 atom stereocenters. The maximum absolute atomic E-state index is 6.27. The molecule has 1 aromatic carbocycles. The highest BCUT2D eigenvalue weighted by Crippen LogP contribution is 2.39. The van der Waals surface area contributed by atoms with Gasteiger partial charge in [-0.3, -0.25) is 4.90 Å². The summed E-state index contributed by atoms with van der Waals surface area (Å²) in [6.45, 7) is 4.38. The zero-order valence-electron chi connectivity index (χ0n) is 13.4. The smallest absolute Gasteiger partial charge is 0.0346 e. The van der Waals surface area contributed by atoms with Crippen molar-refractivity contribution >= 4 is 0 Å². The Bertz CT molecular complexity index is 442. The molecule has 0 aromatic heterocycles. The molecule has 0 spiro atoms. The summed E-state index contributed by atoms with van der Waals surface area (Å²) in [4.78, 5) is 2.79. The number of benzene rings is 1. The lowest BCUT2D eigenvalue weighted by molar-refractivity contribution is -0.0172. The summed E-state index contributed by atoms with van der Waals surface area (Å²) in [6.07, 6.45) is 9.53. The van der Waals surface area contributed by atoms with Crippen LogP contribution < -0.4 is 5.73 Å². The van der Waals surface area contributed by atoms with Crippen molar-refractivity contribution in [2.75, 3.05) is 13.1 Å². The number of likely N-dealkylation sites (tertiary alicyclic amines) is 1. The maximum Gasteiger partial charge on any atom is 0.0346 e. The van der Waals surface area contributed by atoms with Gasteiger partial charge >= 0.3 is 0 Å². The minimum absolute atomic E-state index is 0.113. The molecule has 1 aliphatic heterocycles. The van der Waals surface area contributed by atoms with Gasteiger partial charge < -0.3 is 5.73 Å². The lowest BCUT2D eigenvalue weighted by atomic mass is 9.75. The van der Waals surface area contributed by atoms with Gasteiger partial charge in [-0.1, -0.05) is 43.2 Å². The van der Waals surface area contributed by atoms with Crippen molar-refractivity contribution in [3.8, 4) is 0 Å². The Morgan fingerprint density at radius 3 is 2.57 bits per heavy atom. The Hall–Kier alpha value is -0.860. The highest BCUT2D eigenvalue weighted by molar-refractivity contribution is 5.18. The third kappa shape index (κ3) is 3.17. The van der Waals surface area contributed by atoms with E-state index < -0.39 is 0 Å². The van der Waals surface area contributed by atoms with Gasteiger partial charge in [-0.2, -0.15) is 0 Å². The number of fused-ring (bicyclic) bond motifs is 1. The first-order valence-corrected chi connectivity index (χ1v) is 8.74. The summed E-state index contributed by atoms with van der Waals surface area (Å²) >= 11 is 0. The van der Waals surface area contributed by atoms with Crippen LogP contribution in [0, 0.1) is 5.92 Å². The van der Waals surface area contributed by atoms with Crippen molar-refractivity contribution in [3.63, 3.8) is 0 Å². The molecule has 0 amide bonds. The summed E-state index contributed by atoms with van der Waals surface area (Å²) in [7, 11) is 0. The van der Waals surface area contributed by atoms with Crippen molar-refractivity contribution in [3.05, 3.63) is 35.9 Å². The van der Waals surface area contributed by atoms with E-state index in [1.165, 1.54) is 50.6 Å². The maximum atomic E-state index is 6.27. The molecule has 1 heterocycles. The number of rotatable bonds is 4. The van der Waals surface area contributed by atoms with Crippen LogP contribution in [0.4, 0.5) is 0 Å². The fourth-order valence-corrected chi connectivity index (χ4v) is 4.62. The Kier molecular flexibility index (Phi) is 4.66. The molecule has 1 saturated carbocycles. The van der Waals surface area contributed by atoms with E-state index in [0.29, 0.717) is 0 Å². The van der Waals surface area contributed by atoms with Gasteiger partial charge in [0.25, 0.3) is 0 Å². The zero-order valence-corrected chi connectivity index (χ0v) is 13.4. The van der Waals surface area contributed by atoms with E-state index in [-0.39, 0.29) is 5.54 Å². The molecule has 2 heteroatoms. The Labute approximate surface area is 129 Å². The van der Waals surface area contributed by atoms with Crippen molar-refractivity contribution in [1.29, 1.82) is 0 Å². The molecule has 116 valence electrons. The van der Waals surface area contributed by atoms with Crippen molar-refractivity contribution in [2.45, 2.75) is 63.5 Å². The first-order valence-electron chi connectivity index (χ1n) is 8.74. The van der Waals surface area contributed by atoms with Crippen LogP contribution in [0.2, 0.25) is 0 Å². The van der Waals surface area contributed by atoms with Gasteiger partial charge in [0.2, 0.25) is 0 Å². The first-order chi connectivity index (χ1) is 10.2. The molecule has 1 unspecified atom stereocenters. The van der Waals surface area contributed by atoms with Crippen LogP contribution in [0.3, 0.4) is 0 Å². The van der Waals surface area contributed by atoms with Crippen molar-refractivity contribution in [1.82, 2.24) is 4.90 Å². The Balaban J connectivity index is 1.80. The molecule has 2 fully saturated rings. The predicted octanol–water partition coefficient (Wildman–Crippen LogP) is 3.60. The van der Waals surface area contributed by atoms with E-state index >= 15 is 0 Å². The Morgan fingerprint density at radius 1 is 1.10 bits per heavy atom. The number of hydrogen-bond acceptors (Lipinski definition) is 2. The second kappa shape index (κ2) is 6.50. The summed E-state index contributed by atoms with van der Waals surface area (Å²) in [5.74, 6) is 0.925. The third-order valence-corrected chi connectivity index (χ3v) is 5.80. The molecule has 2 N–H and O–H groups in total. The zero-order chi connectivity index (χ0) is 14.7. The molecule has 1 aliphatic carbocycles. The van der Waals surface area contributed by atoms with Gasteiger partial charge in [-0.15, -0.1) is 0 Å². The minimum Gasteiger partial charge on any atom is -0.329 e. The van der Waals surface area contributed by atoms with E-state index in [1.807, 2.05) is 0 Å². The van der Waals surface area contributed by atoms with Crippen molar-refractivity contribution in [2.24, 2.45) is 11.7 Å². The molecule has 1 aromatic rings. The highest BCUT2D eigenvalue weighted by atomic mass is 15.2. The van der Waals surface area contributed by atoms with E-state index in [1.54, 1.807) is 0 Å². The van der Waals surface area contributed by atoms with E-state index in [0.717, 1.165) is 24.9 Å². The van der Waals surface area contributed by atoms with Crippen LogP contribution in [0.5, 0.6) is 0 Å². The standard InChI is InChI=1S/C19H30N2/c1-19(15-20,14-16-8-3-2-4-9-16)21-13-7-11-17-10-5-6-12-18(17)21/h2-4,8-9,17-18H,5-7,10-15,20H2,1H3/t17-,18-,19?/m1/s1. The summed E-state index contributed by atoms with van der Waals surface area (Å²) in [5.41, 5.74) is 7.80. The average Bonchev–Trinajstić information content (AvgIpc) is 2.55. The summed E-state index contributed by atoms with van der Waals surface area (Å²) < 4.78 is 0. The topological polar surface area (TPSA) is 29.3 Å². The molecule has 2 nitrogen and oxygen atoms in total. The Morgan fingerprint density at radius 2 is 1.81 bits per heavy atom. The molecule has 2 aliphatic rings. The monoisotopic (exact) mass is 286 g/mol. The van der Waals surface area contributed by atoms with Gasteiger partial charge in [-0.05, 0) is 57.1 Å². The molecule has 1 saturated heterocycles. The van der Waals surface area contributed by atoms with E-state index in [2.05, 4.69) is 42.2 Å².